The van der Waals surface area contributed by atoms with E-state index in [4.69, 9.17) is 0 Å². The quantitative estimate of drug-likeness (QED) is 0.887. The summed E-state index contributed by atoms with van der Waals surface area (Å²) in [4.78, 5) is 27.8. The van der Waals surface area contributed by atoms with Crippen molar-refractivity contribution < 1.29 is 4.79 Å². The Kier molecular flexibility index (Phi) is 3.89. The molecule has 0 aromatic carbocycles. The van der Waals surface area contributed by atoms with Crippen LogP contribution < -0.4 is 5.32 Å². The van der Waals surface area contributed by atoms with Crippen LogP contribution >= 0.6 is 0 Å². The molecule has 1 unspecified atom stereocenters. The van der Waals surface area contributed by atoms with Crippen LogP contribution in [0.1, 0.15) is 24.4 Å². The number of imidazole rings is 1. The van der Waals surface area contributed by atoms with E-state index in [-0.39, 0.29) is 5.91 Å². The molecule has 1 aliphatic heterocycles. The number of nitrogens with zero attached hydrogens (tertiary/aromatic N) is 5. The Hall–Kier alpha value is -2.28. The van der Waals surface area contributed by atoms with Crippen LogP contribution in [0.25, 0.3) is 0 Å². The zero-order chi connectivity index (χ0) is 15.6. The van der Waals surface area contributed by atoms with E-state index in [0.29, 0.717) is 12.2 Å². The van der Waals surface area contributed by atoms with E-state index >= 15 is 0 Å². The summed E-state index contributed by atoms with van der Waals surface area (Å²) in [6.07, 6.45) is 10.3. The number of carbonyl (C=O) groups excluding carboxylic acids is 1. The van der Waals surface area contributed by atoms with Crippen LogP contribution in [0.15, 0.2) is 31.0 Å². The van der Waals surface area contributed by atoms with Crippen molar-refractivity contribution >= 4 is 5.91 Å². The molecule has 0 spiro atoms. The summed E-state index contributed by atoms with van der Waals surface area (Å²) in [6, 6.07) is 0. The molecule has 7 heteroatoms. The number of aryl methyl sites for hydroxylation is 1. The Bertz CT molecular complexity index is 655. The van der Waals surface area contributed by atoms with Crippen molar-refractivity contribution in [2.75, 3.05) is 13.6 Å². The molecule has 116 valence electrons. The standard InChI is InChI=1S/C15H20N6O/c1-16-14(22)15(12-10-17-5-6-18-12)4-3-8-21(15)11-13-19-7-9-20(13)2/h5-7,9-10H,3-4,8,11H2,1-2H3,(H,16,22). The molecule has 2 aromatic rings. The molecule has 0 radical (unpaired) electrons. The predicted octanol–water partition coefficient (Wildman–Crippen LogP) is 0.447. The molecule has 0 saturated carbocycles. The van der Waals surface area contributed by atoms with Crippen LogP contribution in [-0.4, -0.2) is 43.9 Å². The van der Waals surface area contributed by atoms with E-state index in [9.17, 15) is 4.79 Å². The van der Waals surface area contributed by atoms with Crippen LogP contribution in [0.2, 0.25) is 0 Å². The highest BCUT2D eigenvalue weighted by molar-refractivity contribution is 5.87. The van der Waals surface area contributed by atoms with Gasteiger partial charge in [0.05, 0.1) is 18.4 Å². The summed E-state index contributed by atoms with van der Waals surface area (Å²) in [7, 11) is 3.63. The van der Waals surface area contributed by atoms with Crippen LogP contribution in [0.4, 0.5) is 0 Å². The summed E-state index contributed by atoms with van der Waals surface area (Å²) < 4.78 is 1.98. The van der Waals surface area contributed by atoms with E-state index < -0.39 is 5.54 Å². The highest BCUT2D eigenvalue weighted by Gasteiger charge is 2.50. The second-order valence-electron chi connectivity index (χ2n) is 5.51. The van der Waals surface area contributed by atoms with Gasteiger partial charge in [-0.3, -0.25) is 19.7 Å². The Labute approximate surface area is 129 Å². The lowest BCUT2D eigenvalue weighted by molar-refractivity contribution is -0.132. The summed E-state index contributed by atoms with van der Waals surface area (Å²) in [6.45, 7) is 1.43. The van der Waals surface area contributed by atoms with Gasteiger partial charge in [-0.1, -0.05) is 0 Å². The normalized spacial score (nSPS) is 21.9. The number of aromatic nitrogens is 4. The number of amides is 1. The van der Waals surface area contributed by atoms with Crippen LogP contribution in [0, 0.1) is 0 Å². The molecule has 0 aliphatic carbocycles. The first-order valence-electron chi connectivity index (χ1n) is 7.38. The van der Waals surface area contributed by atoms with Crippen molar-refractivity contribution in [2.24, 2.45) is 7.05 Å². The Morgan fingerprint density at radius 3 is 2.86 bits per heavy atom. The molecule has 0 bridgehead atoms. The van der Waals surface area contributed by atoms with Crippen molar-refractivity contribution in [3.63, 3.8) is 0 Å². The Morgan fingerprint density at radius 2 is 2.23 bits per heavy atom. The molecular formula is C15H20N6O. The molecule has 1 N–H and O–H groups in total. The Morgan fingerprint density at radius 1 is 1.36 bits per heavy atom. The average molecular weight is 300 g/mol. The predicted molar refractivity (Wildman–Crippen MR) is 80.6 cm³/mol. The Balaban J connectivity index is 2.01. The first-order valence-corrected chi connectivity index (χ1v) is 7.38. The number of rotatable bonds is 4. The lowest BCUT2D eigenvalue weighted by Gasteiger charge is -2.35. The van der Waals surface area contributed by atoms with Gasteiger partial charge in [-0.15, -0.1) is 0 Å². The molecule has 1 atom stereocenters. The topological polar surface area (TPSA) is 75.9 Å². The van der Waals surface area contributed by atoms with Crippen molar-refractivity contribution in [1.29, 1.82) is 0 Å². The van der Waals surface area contributed by atoms with E-state index in [1.165, 1.54) is 0 Å². The average Bonchev–Trinajstić information content (AvgIpc) is 3.15. The molecule has 3 heterocycles. The molecule has 7 nitrogen and oxygen atoms in total. The van der Waals surface area contributed by atoms with Gasteiger partial charge >= 0.3 is 0 Å². The zero-order valence-electron chi connectivity index (χ0n) is 12.9. The van der Waals surface area contributed by atoms with Gasteiger partial charge in [-0.2, -0.15) is 0 Å². The van der Waals surface area contributed by atoms with Gasteiger partial charge in [-0.25, -0.2) is 4.98 Å². The van der Waals surface area contributed by atoms with E-state index in [1.54, 1.807) is 31.8 Å². The highest BCUT2D eigenvalue weighted by Crippen LogP contribution is 2.38. The summed E-state index contributed by atoms with van der Waals surface area (Å²) in [5.74, 6) is 0.888. The first kappa shape index (κ1) is 14.6. The maximum atomic E-state index is 12.7. The summed E-state index contributed by atoms with van der Waals surface area (Å²) >= 11 is 0. The van der Waals surface area contributed by atoms with E-state index in [0.717, 1.165) is 25.2 Å². The maximum Gasteiger partial charge on any atom is 0.246 e. The number of hydrogen-bond acceptors (Lipinski definition) is 5. The number of nitrogens with one attached hydrogen (secondary N) is 1. The van der Waals surface area contributed by atoms with Crippen molar-refractivity contribution in [3.8, 4) is 0 Å². The third kappa shape index (κ3) is 2.27. The van der Waals surface area contributed by atoms with E-state index in [1.807, 2.05) is 17.8 Å². The van der Waals surface area contributed by atoms with Crippen LogP contribution in [0.5, 0.6) is 0 Å². The second kappa shape index (κ2) is 5.84. The fourth-order valence-electron chi connectivity index (χ4n) is 3.19. The molecular weight excluding hydrogens is 280 g/mol. The summed E-state index contributed by atoms with van der Waals surface area (Å²) in [5.41, 5.74) is -0.0735. The number of hydrogen-bond donors (Lipinski definition) is 1. The minimum absolute atomic E-state index is 0.0419. The smallest absolute Gasteiger partial charge is 0.246 e. The van der Waals surface area contributed by atoms with Gasteiger partial charge in [-0.05, 0) is 12.8 Å². The highest BCUT2D eigenvalue weighted by atomic mass is 16.2. The largest absolute Gasteiger partial charge is 0.357 e. The molecule has 1 fully saturated rings. The minimum atomic E-state index is -0.769. The lowest BCUT2D eigenvalue weighted by atomic mass is 9.90. The van der Waals surface area contributed by atoms with Crippen LogP contribution in [-0.2, 0) is 23.9 Å². The second-order valence-corrected chi connectivity index (χ2v) is 5.51. The lowest BCUT2D eigenvalue weighted by Crippen LogP contribution is -2.52. The van der Waals surface area contributed by atoms with Gasteiger partial charge in [0.2, 0.25) is 5.91 Å². The molecule has 1 saturated heterocycles. The third-order valence-electron chi connectivity index (χ3n) is 4.35. The fraction of sp³-hybridized carbons (Fsp3) is 0.467. The fourth-order valence-corrected chi connectivity index (χ4v) is 3.19. The number of likely N-dealkylation sites (N-methyl/N-ethyl adjacent to an activating group) is 1. The van der Waals surface area contributed by atoms with Gasteiger partial charge in [0.25, 0.3) is 0 Å². The number of carbonyl (C=O) groups is 1. The first-order chi connectivity index (χ1) is 10.7. The molecule has 2 aromatic heterocycles. The van der Waals surface area contributed by atoms with Gasteiger partial charge in [0.1, 0.15) is 11.4 Å². The van der Waals surface area contributed by atoms with Crippen molar-refractivity contribution in [3.05, 3.63) is 42.5 Å². The van der Waals surface area contributed by atoms with Gasteiger partial charge in [0, 0.05) is 45.4 Å². The SMILES string of the molecule is CNC(=O)C1(c2cnccn2)CCCN1Cc1nccn1C. The van der Waals surface area contributed by atoms with Crippen LogP contribution in [0.3, 0.4) is 0 Å². The number of likely N-dealkylation sites (tertiary alicyclic amines) is 1. The van der Waals surface area contributed by atoms with Gasteiger partial charge < -0.3 is 9.88 Å². The van der Waals surface area contributed by atoms with Crippen molar-refractivity contribution in [1.82, 2.24) is 29.7 Å². The summed E-state index contributed by atoms with van der Waals surface area (Å²) in [5, 5.41) is 2.79. The monoisotopic (exact) mass is 300 g/mol. The van der Waals surface area contributed by atoms with E-state index in [2.05, 4.69) is 25.2 Å². The maximum absolute atomic E-state index is 12.7. The van der Waals surface area contributed by atoms with Gasteiger partial charge in [0.15, 0.2) is 0 Å². The molecule has 1 amide bonds. The third-order valence-corrected chi connectivity index (χ3v) is 4.35. The molecule has 22 heavy (non-hydrogen) atoms. The zero-order valence-corrected chi connectivity index (χ0v) is 12.9. The molecule has 3 rings (SSSR count). The van der Waals surface area contributed by atoms with Crippen molar-refractivity contribution in [2.45, 2.75) is 24.9 Å². The minimum Gasteiger partial charge on any atom is -0.357 e. The molecule has 1 aliphatic rings.